The molecule has 1 aromatic carbocycles. The van der Waals surface area contributed by atoms with Gasteiger partial charge in [-0.2, -0.15) is 5.10 Å². The van der Waals surface area contributed by atoms with Crippen molar-refractivity contribution in [3.63, 3.8) is 0 Å². The first-order valence-electron chi connectivity index (χ1n) is 10.4. The highest BCUT2D eigenvalue weighted by Gasteiger charge is 2.33. The number of carbonyl (C=O) groups excluding carboxylic acids is 3. The zero-order valence-corrected chi connectivity index (χ0v) is 18.1. The molecule has 2 aromatic rings. The summed E-state index contributed by atoms with van der Waals surface area (Å²) >= 11 is 0. The number of likely N-dealkylation sites (tertiary alicyclic amines) is 1. The lowest BCUT2D eigenvalue weighted by molar-refractivity contribution is -0.135. The van der Waals surface area contributed by atoms with E-state index in [2.05, 4.69) is 15.5 Å². The van der Waals surface area contributed by atoms with Crippen LogP contribution < -0.4 is 15.8 Å². The number of piperidine rings is 1. The van der Waals surface area contributed by atoms with Crippen LogP contribution in [-0.2, 0) is 4.79 Å². The highest BCUT2D eigenvalue weighted by Crippen LogP contribution is 2.27. The number of hydrogen-bond acceptors (Lipinski definition) is 5. The number of ether oxygens (including phenoxy) is 1. The SMILES string of the molecule is COc1ccc(C(=O)N[C@@H](C(=O)N2CCC[C@H](c3cc(C(N)=O)n[nH]3)C2)C(C)C)cc1. The van der Waals surface area contributed by atoms with Crippen LogP contribution in [0.5, 0.6) is 5.75 Å². The van der Waals surface area contributed by atoms with Gasteiger partial charge in [0.25, 0.3) is 11.8 Å². The average Bonchev–Trinajstić information content (AvgIpc) is 3.27. The Labute approximate surface area is 181 Å². The van der Waals surface area contributed by atoms with E-state index < -0.39 is 11.9 Å². The normalized spacial score (nSPS) is 17.3. The van der Waals surface area contributed by atoms with Crippen LogP contribution in [0.4, 0.5) is 0 Å². The summed E-state index contributed by atoms with van der Waals surface area (Å²) in [5, 5.41) is 9.69. The number of nitrogens with two attached hydrogens (primary N) is 1. The summed E-state index contributed by atoms with van der Waals surface area (Å²) < 4.78 is 5.12. The topological polar surface area (TPSA) is 130 Å². The summed E-state index contributed by atoms with van der Waals surface area (Å²) in [6, 6.07) is 7.76. The van der Waals surface area contributed by atoms with Crippen LogP contribution in [0.3, 0.4) is 0 Å². The van der Waals surface area contributed by atoms with Crippen LogP contribution in [0.25, 0.3) is 0 Å². The Hall–Kier alpha value is -3.36. The van der Waals surface area contributed by atoms with Gasteiger partial charge in [-0.05, 0) is 49.1 Å². The molecule has 0 radical (unpaired) electrons. The summed E-state index contributed by atoms with van der Waals surface area (Å²) in [6.45, 7) is 4.92. The lowest BCUT2D eigenvalue weighted by Gasteiger charge is -2.35. The highest BCUT2D eigenvalue weighted by atomic mass is 16.5. The van der Waals surface area contributed by atoms with E-state index in [9.17, 15) is 14.4 Å². The average molecular weight is 428 g/mol. The first-order valence-corrected chi connectivity index (χ1v) is 10.4. The van der Waals surface area contributed by atoms with Crippen LogP contribution in [0, 0.1) is 5.92 Å². The molecule has 0 saturated carbocycles. The second-order valence-electron chi connectivity index (χ2n) is 8.12. The van der Waals surface area contributed by atoms with Crippen molar-refractivity contribution in [3.05, 3.63) is 47.3 Å². The number of methoxy groups -OCH3 is 1. The Morgan fingerprint density at radius 3 is 2.55 bits per heavy atom. The van der Waals surface area contributed by atoms with E-state index in [1.165, 1.54) is 0 Å². The minimum Gasteiger partial charge on any atom is -0.497 e. The first-order chi connectivity index (χ1) is 14.8. The Morgan fingerprint density at radius 2 is 1.97 bits per heavy atom. The fraction of sp³-hybridized carbons (Fsp3) is 0.455. The summed E-state index contributed by atoms with van der Waals surface area (Å²) in [7, 11) is 1.56. The Kier molecular flexibility index (Phi) is 6.94. The molecular formula is C22H29N5O4. The second-order valence-corrected chi connectivity index (χ2v) is 8.12. The van der Waals surface area contributed by atoms with E-state index in [0.29, 0.717) is 24.4 Å². The fourth-order valence-corrected chi connectivity index (χ4v) is 3.78. The van der Waals surface area contributed by atoms with Crippen LogP contribution in [0.1, 0.15) is 59.1 Å². The number of aromatic amines is 1. The number of H-pyrrole nitrogens is 1. The largest absolute Gasteiger partial charge is 0.497 e. The van der Waals surface area contributed by atoms with Crippen molar-refractivity contribution in [1.29, 1.82) is 0 Å². The molecule has 0 aliphatic carbocycles. The van der Waals surface area contributed by atoms with Gasteiger partial charge in [0, 0.05) is 30.3 Å². The monoisotopic (exact) mass is 427 g/mol. The Balaban J connectivity index is 1.69. The third-order valence-electron chi connectivity index (χ3n) is 5.59. The van der Waals surface area contributed by atoms with Crippen LogP contribution in [-0.4, -0.2) is 59.1 Å². The van der Waals surface area contributed by atoms with Crippen LogP contribution in [0.15, 0.2) is 30.3 Å². The van der Waals surface area contributed by atoms with Gasteiger partial charge in [-0.25, -0.2) is 0 Å². The number of aromatic nitrogens is 2. The fourth-order valence-electron chi connectivity index (χ4n) is 3.78. The molecule has 1 saturated heterocycles. The quantitative estimate of drug-likeness (QED) is 0.619. The molecule has 0 spiro atoms. The zero-order valence-electron chi connectivity index (χ0n) is 18.1. The molecule has 2 heterocycles. The van der Waals surface area contributed by atoms with Gasteiger partial charge in [0.2, 0.25) is 5.91 Å². The van der Waals surface area contributed by atoms with E-state index in [1.54, 1.807) is 42.3 Å². The van der Waals surface area contributed by atoms with E-state index in [-0.39, 0.29) is 29.3 Å². The molecule has 4 N–H and O–H groups in total. The van der Waals surface area contributed by atoms with Crippen molar-refractivity contribution in [2.24, 2.45) is 11.7 Å². The van der Waals surface area contributed by atoms with Gasteiger partial charge < -0.3 is 20.7 Å². The van der Waals surface area contributed by atoms with Crippen LogP contribution in [0.2, 0.25) is 0 Å². The minimum atomic E-state index is -0.642. The third kappa shape index (κ3) is 5.22. The molecule has 2 atom stereocenters. The number of nitrogens with one attached hydrogen (secondary N) is 2. The molecule has 1 aromatic heterocycles. The molecule has 3 rings (SSSR count). The summed E-state index contributed by atoms with van der Waals surface area (Å²) in [5.74, 6) is -0.399. The predicted octanol–water partition coefficient (Wildman–Crippen LogP) is 1.68. The number of hydrogen-bond donors (Lipinski definition) is 3. The molecule has 166 valence electrons. The third-order valence-corrected chi connectivity index (χ3v) is 5.59. The lowest BCUT2D eigenvalue weighted by Crippen LogP contribution is -2.53. The molecule has 31 heavy (non-hydrogen) atoms. The standard InChI is InChI=1S/C22H29N5O4/c1-13(2)19(24-21(29)14-6-8-16(31-3)9-7-14)22(30)27-10-4-5-15(12-27)17-11-18(20(23)28)26-25-17/h6-9,11,13,15,19H,4-5,10,12H2,1-3H3,(H2,23,28)(H,24,29)(H,25,26)/t15-,19+/m0/s1. The number of amides is 3. The summed E-state index contributed by atoms with van der Waals surface area (Å²) in [6.07, 6.45) is 1.69. The highest BCUT2D eigenvalue weighted by molar-refractivity contribution is 5.97. The summed E-state index contributed by atoms with van der Waals surface area (Å²) in [5.41, 5.74) is 6.72. The van der Waals surface area contributed by atoms with E-state index in [0.717, 1.165) is 18.5 Å². The van der Waals surface area contributed by atoms with Crippen molar-refractivity contribution < 1.29 is 19.1 Å². The number of benzene rings is 1. The molecule has 9 heteroatoms. The maximum absolute atomic E-state index is 13.3. The molecule has 0 unspecified atom stereocenters. The van der Waals surface area contributed by atoms with E-state index in [1.807, 2.05) is 13.8 Å². The van der Waals surface area contributed by atoms with Gasteiger partial charge in [0.15, 0.2) is 0 Å². The van der Waals surface area contributed by atoms with Gasteiger partial charge in [0.1, 0.15) is 17.5 Å². The van der Waals surface area contributed by atoms with Crippen molar-refractivity contribution in [2.75, 3.05) is 20.2 Å². The van der Waals surface area contributed by atoms with E-state index >= 15 is 0 Å². The zero-order chi connectivity index (χ0) is 22.5. The summed E-state index contributed by atoms with van der Waals surface area (Å²) in [4.78, 5) is 39.1. The molecule has 9 nitrogen and oxygen atoms in total. The van der Waals surface area contributed by atoms with Gasteiger partial charge in [-0.3, -0.25) is 19.5 Å². The van der Waals surface area contributed by atoms with Gasteiger partial charge >= 0.3 is 0 Å². The number of primary amides is 1. The van der Waals surface area contributed by atoms with Gasteiger partial charge in [0.05, 0.1) is 7.11 Å². The molecule has 3 amide bonds. The van der Waals surface area contributed by atoms with Gasteiger partial charge in [-0.15, -0.1) is 0 Å². The van der Waals surface area contributed by atoms with E-state index in [4.69, 9.17) is 10.5 Å². The smallest absolute Gasteiger partial charge is 0.269 e. The molecule has 0 bridgehead atoms. The maximum Gasteiger partial charge on any atom is 0.269 e. The number of rotatable bonds is 7. The van der Waals surface area contributed by atoms with Crippen LogP contribution >= 0.6 is 0 Å². The molecule has 1 aliphatic heterocycles. The number of carbonyl (C=O) groups is 3. The van der Waals surface area contributed by atoms with Crippen molar-refractivity contribution >= 4 is 17.7 Å². The maximum atomic E-state index is 13.3. The molecule has 1 fully saturated rings. The second kappa shape index (κ2) is 9.63. The Morgan fingerprint density at radius 1 is 1.26 bits per heavy atom. The lowest BCUT2D eigenvalue weighted by atomic mass is 9.93. The first kappa shape index (κ1) is 22.3. The predicted molar refractivity (Wildman–Crippen MR) is 115 cm³/mol. The van der Waals surface area contributed by atoms with Crippen molar-refractivity contribution in [3.8, 4) is 5.75 Å². The Bertz CT molecular complexity index is 938. The van der Waals surface area contributed by atoms with Gasteiger partial charge in [-0.1, -0.05) is 13.8 Å². The molecule has 1 aliphatic rings. The van der Waals surface area contributed by atoms with Crippen molar-refractivity contribution in [1.82, 2.24) is 20.4 Å². The number of nitrogens with zero attached hydrogens (tertiary/aromatic N) is 2. The molecular weight excluding hydrogens is 398 g/mol. The van der Waals surface area contributed by atoms with Crippen molar-refractivity contribution in [2.45, 2.75) is 38.6 Å². The minimum absolute atomic E-state index is 0.0309.